The van der Waals surface area contributed by atoms with E-state index in [-0.39, 0.29) is 17.5 Å². The van der Waals surface area contributed by atoms with Crippen LogP contribution in [0.3, 0.4) is 0 Å². The van der Waals surface area contributed by atoms with Gasteiger partial charge in [0.2, 0.25) is 5.91 Å². The molecule has 0 saturated carbocycles. The Labute approximate surface area is 152 Å². The molecule has 1 aliphatic heterocycles. The quantitative estimate of drug-likeness (QED) is 0.886. The van der Waals surface area contributed by atoms with Crippen LogP contribution in [-0.2, 0) is 11.0 Å². The molecule has 146 valence electrons. The van der Waals surface area contributed by atoms with Gasteiger partial charge in [-0.1, -0.05) is 0 Å². The van der Waals surface area contributed by atoms with Gasteiger partial charge < -0.3 is 10.2 Å². The number of hydrogen-bond donors (Lipinski definition) is 1. The van der Waals surface area contributed by atoms with Gasteiger partial charge in [-0.25, -0.2) is 4.98 Å². The maximum Gasteiger partial charge on any atom is 0.417 e. The van der Waals surface area contributed by atoms with Crippen LogP contribution in [0.2, 0.25) is 0 Å². The van der Waals surface area contributed by atoms with Crippen LogP contribution in [0.5, 0.6) is 0 Å². The first kappa shape index (κ1) is 20.5. The van der Waals surface area contributed by atoms with Crippen molar-refractivity contribution in [1.82, 2.24) is 15.2 Å². The fourth-order valence-corrected chi connectivity index (χ4v) is 2.93. The van der Waals surface area contributed by atoms with Crippen molar-refractivity contribution < 1.29 is 18.0 Å². The highest BCUT2D eigenvalue weighted by Gasteiger charge is 2.31. The first-order valence-electron chi connectivity index (χ1n) is 8.81. The van der Waals surface area contributed by atoms with Gasteiger partial charge >= 0.3 is 6.18 Å². The second-order valence-electron chi connectivity index (χ2n) is 7.69. The van der Waals surface area contributed by atoms with Crippen molar-refractivity contribution in [2.45, 2.75) is 51.9 Å². The lowest BCUT2D eigenvalue weighted by molar-refractivity contribution is -0.137. The largest absolute Gasteiger partial charge is 0.417 e. The summed E-state index contributed by atoms with van der Waals surface area (Å²) in [6.07, 6.45) is -2.69. The topological polar surface area (TPSA) is 48.5 Å². The molecule has 0 spiro atoms. The lowest BCUT2D eigenvalue weighted by Gasteiger charge is -2.30. The molecular weight excluding hydrogens is 345 g/mol. The first-order chi connectivity index (χ1) is 12.0. The standard InChI is InChI=1S/C18H27F3N4O/c1-13(16(26)23-17(2,3)4)24-8-5-9-25(11-10-24)15-7-6-14(12-22-15)18(19,20)21/h6-7,12-13H,5,8-11H2,1-4H3,(H,23,26). The van der Waals surface area contributed by atoms with Crippen molar-refractivity contribution in [1.29, 1.82) is 0 Å². The number of halogens is 3. The van der Waals surface area contributed by atoms with Gasteiger partial charge in [0.05, 0.1) is 11.6 Å². The molecule has 1 N–H and O–H groups in total. The van der Waals surface area contributed by atoms with Gasteiger partial charge in [-0.2, -0.15) is 13.2 Å². The van der Waals surface area contributed by atoms with Gasteiger partial charge in [0, 0.05) is 37.9 Å². The zero-order valence-electron chi connectivity index (χ0n) is 15.7. The second-order valence-corrected chi connectivity index (χ2v) is 7.69. The Morgan fingerprint density at radius 1 is 1.15 bits per heavy atom. The monoisotopic (exact) mass is 372 g/mol. The van der Waals surface area contributed by atoms with Gasteiger partial charge in [0.1, 0.15) is 5.82 Å². The van der Waals surface area contributed by atoms with Crippen molar-refractivity contribution in [2.24, 2.45) is 0 Å². The van der Waals surface area contributed by atoms with Gasteiger partial charge in [-0.3, -0.25) is 9.69 Å². The lowest BCUT2D eigenvalue weighted by Crippen LogP contribution is -2.51. The molecule has 1 fully saturated rings. The normalized spacial score (nSPS) is 18.3. The molecule has 1 unspecified atom stereocenters. The van der Waals surface area contributed by atoms with Crippen molar-refractivity contribution >= 4 is 11.7 Å². The van der Waals surface area contributed by atoms with Crippen molar-refractivity contribution in [3.05, 3.63) is 23.9 Å². The summed E-state index contributed by atoms with van der Waals surface area (Å²) < 4.78 is 38.0. The van der Waals surface area contributed by atoms with Crippen LogP contribution < -0.4 is 10.2 Å². The van der Waals surface area contributed by atoms with Crippen LogP contribution in [-0.4, -0.2) is 53.6 Å². The molecule has 2 heterocycles. The maximum absolute atomic E-state index is 12.7. The average Bonchev–Trinajstić information content (AvgIpc) is 2.78. The molecule has 1 aromatic heterocycles. The molecule has 2 rings (SSSR count). The summed E-state index contributed by atoms with van der Waals surface area (Å²) in [5.74, 6) is 0.519. The molecule has 1 amide bonds. The summed E-state index contributed by atoms with van der Waals surface area (Å²) in [6, 6.07) is 2.22. The summed E-state index contributed by atoms with van der Waals surface area (Å²) in [5, 5.41) is 2.99. The smallest absolute Gasteiger partial charge is 0.355 e. The van der Waals surface area contributed by atoms with Gasteiger partial charge in [0.15, 0.2) is 0 Å². The highest BCUT2D eigenvalue weighted by Crippen LogP contribution is 2.29. The molecule has 1 aromatic rings. The average molecular weight is 372 g/mol. The van der Waals surface area contributed by atoms with Crippen LogP contribution in [0.15, 0.2) is 18.3 Å². The number of nitrogens with one attached hydrogen (secondary N) is 1. The minimum absolute atomic E-state index is 0.0152. The van der Waals surface area contributed by atoms with E-state index in [4.69, 9.17) is 0 Å². The zero-order chi connectivity index (χ0) is 19.5. The number of rotatable bonds is 3. The van der Waals surface area contributed by atoms with Crippen LogP contribution in [0.4, 0.5) is 19.0 Å². The van der Waals surface area contributed by atoms with Crippen molar-refractivity contribution in [2.75, 3.05) is 31.1 Å². The molecular formula is C18H27F3N4O. The third kappa shape index (κ3) is 5.59. The molecule has 5 nitrogen and oxygen atoms in total. The van der Waals surface area contributed by atoms with E-state index in [9.17, 15) is 18.0 Å². The predicted octanol–water partition coefficient (Wildman–Crippen LogP) is 2.92. The lowest BCUT2D eigenvalue weighted by atomic mass is 10.1. The second kappa shape index (κ2) is 7.82. The van der Waals surface area contributed by atoms with Gasteiger partial charge in [-0.15, -0.1) is 0 Å². The van der Waals surface area contributed by atoms with Crippen LogP contribution in [0.25, 0.3) is 0 Å². The Kier molecular flexibility index (Phi) is 6.16. The van der Waals surface area contributed by atoms with Crippen LogP contribution >= 0.6 is 0 Å². The number of amides is 1. The van der Waals surface area contributed by atoms with E-state index in [1.54, 1.807) is 0 Å². The van der Waals surface area contributed by atoms with E-state index in [2.05, 4.69) is 15.2 Å². The van der Waals surface area contributed by atoms with E-state index in [1.165, 1.54) is 6.07 Å². The van der Waals surface area contributed by atoms with Crippen LogP contribution in [0, 0.1) is 0 Å². The third-order valence-corrected chi connectivity index (χ3v) is 4.36. The molecule has 0 bridgehead atoms. The third-order valence-electron chi connectivity index (χ3n) is 4.36. The molecule has 0 radical (unpaired) electrons. The molecule has 1 aliphatic rings. The Morgan fingerprint density at radius 2 is 1.85 bits per heavy atom. The minimum atomic E-state index is -4.38. The van der Waals surface area contributed by atoms with E-state index < -0.39 is 11.7 Å². The predicted molar refractivity (Wildman–Crippen MR) is 95.0 cm³/mol. The molecule has 8 heteroatoms. The Morgan fingerprint density at radius 3 is 2.38 bits per heavy atom. The minimum Gasteiger partial charge on any atom is -0.355 e. The number of pyridine rings is 1. The number of alkyl halides is 3. The Balaban J connectivity index is 1.98. The van der Waals surface area contributed by atoms with Crippen molar-refractivity contribution in [3.8, 4) is 0 Å². The summed E-state index contributed by atoms with van der Waals surface area (Å²) in [5.41, 5.74) is -1.03. The number of carbonyl (C=O) groups is 1. The number of nitrogens with zero attached hydrogens (tertiary/aromatic N) is 3. The van der Waals surface area contributed by atoms with E-state index >= 15 is 0 Å². The highest BCUT2D eigenvalue weighted by atomic mass is 19.4. The number of hydrogen-bond acceptors (Lipinski definition) is 4. The van der Waals surface area contributed by atoms with Gasteiger partial charge in [0.25, 0.3) is 0 Å². The zero-order valence-corrected chi connectivity index (χ0v) is 15.7. The highest BCUT2D eigenvalue weighted by molar-refractivity contribution is 5.81. The summed E-state index contributed by atoms with van der Waals surface area (Å²) in [6.45, 7) is 10.4. The molecule has 1 saturated heterocycles. The molecule has 1 atom stereocenters. The molecule has 0 aromatic carbocycles. The van der Waals surface area contributed by atoms with Crippen LogP contribution in [0.1, 0.15) is 39.7 Å². The van der Waals surface area contributed by atoms with E-state index in [1.807, 2.05) is 32.6 Å². The fraction of sp³-hybridized carbons (Fsp3) is 0.667. The summed E-state index contributed by atoms with van der Waals surface area (Å²) >= 11 is 0. The molecule has 0 aliphatic carbocycles. The summed E-state index contributed by atoms with van der Waals surface area (Å²) in [4.78, 5) is 20.4. The Bertz CT molecular complexity index is 610. The maximum atomic E-state index is 12.7. The van der Waals surface area contributed by atoms with E-state index in [0.717, 1.165) is 25.2 Å². The number of carbonyl (C=O) groups excluding carboxylic acids is 1. The van der Waals surface area contributed by atoms with E-state index in [0.29, 0.717) is 25.5 Å². The molecule has 26 heavy (non-hydrogen) atoms. The summed E-state index contributed by atoms with van der Waals surface area (Å²) in [7, 11) is 0. The number of aromatic nitrogens is 1. The first-order valence-corrected chi connectivity index (χ1v) is 8.81. The Hall–Kier alpha value is -1.83. The fourth-order valence-electron chi connectivity index (χ4n) is 2.93. The SMILES string of the molecule is CC(C(=O)NC(C)(C)C)N1CCCN(c2ccc(C(F)(F)F)cn2)CC1. The van der Waals surface area contributed by atoms with Crippen molar-refractivity contribution in [3.63, 3.8) is 0 Å². The number of anilines is 1. The van der Waals surface area contributed by atoms with Gasteiger partial charge in [-0.05, 0) is 46.2 Å².